The summed E-state index contributed by atoms with van der Waals surface area (Å²) >= 11 is 0. The van der Waals surface area contributed by atoms with Crippen LogP contribution in [0.5, 0.6) is 0 Å². The van der Waals surface area contributed by atoms with Crippen molar-refractivity contribution in [2.75, 3.05) is 26.2 Å². The van der Waals surface area contributed by atoms with Crippen LogP contribution in [0.25, 0.3) is 0 Å². The third-order valence-corrected chi connectivity index (χ3v) is 5.14. The second-order valence-electron chi connectivity index (χ2n) is 6.60. The molecule has 1 aliphatic carbocycles. The maximum Gasteiger partial charge on any atom is 0.317 e. The van der Waals surface area contributed by atoms with E-state index < -0.39 is 0 Å². The van der Waals surface area contributed by atoms with Gasteiger partial charge in [0.15, 0.2) is 0 Å². The van der Waals surface area contributed by atoms with Crippen LogP contribution in [0.15, 0.2) is 0 Å². The van der Waals surface area contributed by atoms with Crippen LogP contribution in [-0.2, 0) is 0 Å². The first kappa shape index (κ1) is 13.2. The van der Waals surface area contributed by atoms with Crippen molar-refractivity contribution < 1.29 is 4.79 Å². The Bertz CT molecular complexity index is 311. The maximum atomic E-state index is 12.4. The highest BCUT2D eigenvalue weighted by Crippen LogP contribution is 2.25. The lowest BCUT2D eigenvalue weighted by molar-refractivity contribution is 0.140. The molecule has 0 aromatic heterocycles. The van der Waals surface area contributed by atoms with E-state index in [0.717, 1.165) is 32.1 Å². The van der Waals surface area contributed by atoms with Crippen LogP contribution in [0.1, 0.15) is 44.9 Å². The van der Waals surface area contributed by atoms with Gasteiger partial charge in [-0.2, -0.15) is 0 Å². The van der Waals surface area contributed by atoms with Crippen LogP contribution in [0.4, 0.5) is 4.79 Å². The summed E-state index contributed by atoms with van der Waals surface area (Å²) in [5.41, 5.74) is 0. The molecule has 19 heavy (non-hydrogen) atoms. The van der Waals surface area contributed by atoms with Gasteiger partial charge in [-0.05, 0) is 44.1 Å². The number of carbonyl (C=O) groups excluding carboxylic acids is 1. The summed E-state index contributed by atoms with van der Waals surface area (Å²) in [5.74, 6) is 1.39. The van der Waals surface area contributed by atoms with Gasteiger partial charge in [-0.15, -0.1) is 0 Å². The molecule has 1 saturated carbocycles. The van der Waals surface area contributed by atoms with Gasteiger partial charge in [-0.25, -0.2) is 4.79 Å². The standard InChI is InChI=1S/C15H27N3O/c19-15(17-9-12-4-2-1-3-5-12)18-11-13-6-7-14(18)10-16-8-13/h12-14,16H,1-11H2,(H,17,19)/t13-,14+/m1/s1. The Labute approximate surface area is 116 Å². The summed E-state index contributed by atoms with van der Waals surface area (Å²) in [4.78, 5) is 14.5. The van der Waals surface area contributed by atoms with Gasteiger partial charge in [-0.3, -0.25) is 0 Å². The number of amides is 2. The molecule has 108 valence electrons. The van der Waals surface area contributed by atoms with Crippen molar-refractivity contribution in [1.29, 1.82) is 0 Å². The van der Waals surface area contributed by atoms with E-state index in [2.05, 4.69) is 15.5 Å². The zero-order chi connectivity index (χ0) is 13.1. The molecule has 2 atom stereocenters. The minimum absolute atomic E-state index is 0.184. The Morgan fingerprint density at radius 3 is 2.79 bits per heavy atom. The quantitative estimate of drug-likeness (QED) is 0.801. The topological polar surface area (TPSA) is 44.4 Å². The molecular weight excluding hydrogens is 238 g/mol. The minimum atomic E-state index is 0.184. The van der Waals surface area contributed by atoms with Crippen LogP contribution < -0.4 is 10.6 Å². The molecule has 4 rings (SSSR count). The summed E-state index contributed by atoms with van der Waals surface area (Å²) in [5, 5.41) is 6.67. The summed E-state index contributed by atoms with van der Waals surface area (Å²) in [6, 6.07) is 0.606. The molecule has 3 saturated heterocycles. The van der Waals surface area contributed by atoms with Gasteiger partial charge in [0, 0.05) is 25.7 Å². The second-order valence-corrected chi connectivity index (χ2v) is 6.60. The highest BCUT2D eigenvalue weighted by atomic mass is 16.2. The van der Waals surface area contributed by atoms with E-state index in [0.29, 0.717) is 12.0 Å². The smallest absolute Gasteiger partial charge is 0.317 e. The molecule has 0 aromatic carbocycles. The number of nitrogens with zero attached hydrogens (tertiary/aromatic N) is 1. The zero-order valence-electron chi connectivity index (χ0n) is 11.9. The molecular formula is C15H27N3O. The summed E-state index contributed by atoms with van der Waals surface area (Å²) in [7, 11) is 0. The SMILES string of the molecule is O=C(NCC1CCCCC1)N1C[C@@H]2CC[C@H]1CNC2. The van der Waals surface area contributed by atoms with Crippen molar-refractivity contribution >= 4 is 6.03 Å². The fourth-order valence-electron chi connectivity index (χ4n) is 3.91. The molecule has 0 spiro atoms. The van der Waals surface area contributed by atoms with E-state index in [-0.39, 0.29) is 6.03 Å². The Hall–Kier alpha value is -0.770. The highest BCUT2D eigenvalue weighted by Gasteiger charge is 2.34. The third-order valence-electron chi connectivity index (χ3n) is 5.14. The van der Waals surface area contributed by atoms with Gasteiger partial charge in [0.25, 0.3) is 0 Å². The van der Waals surface area contributed by atoms with Gasteiger partial charge in [0.05, 0.1) is 0 Å². The minimum Gasteiger partial charge on any atom is -0.338 e. The molecule has 3 heterocycles. The first-order valence-corrected chi connectivity index (χ1v) is 8.08. The third kappa shape index (κ3) is 3.22. The predicted octanol–water partition coefficient (Wildman–Crippen LogP) is 1.96. The van der Waals surface area contributed by atoms with Gasteiger partial charge < -0.3 is 15.5 Å². The number of fused-ring (bicyclic) bond motifs is 4. The first-order valence-electron chi connectivity index (χ1n) is 8.08. The average Bonchev–Trinajstić information content (AvgIpc) is 2.81. The molecule has 0 unspecified atom stereocenters. The summed E-state index contributed by atoms with van der Waals surface area (Å²) < 4.78 is 0. The van der Waals surface area contributed by atoms with Gasteiger partial charge >= 0.3 is 6.03 Å². The number of hydrogen-bond donors (Lipinski definition) is 2. The molecule has 2 N–H and O–H groups in total. The van der Waals surface area contributed by atoms with E-state index in [1.54, 1.807) is 0 Å². The molecule has 2 bridgehead atoms. The lowest BCUT2D eigenvalue weighted by Crippen LogP contribution is -2.52. The lowest BCUT2D eigenvalue weighted by atomic mass is 9.89. The monoisotopic (exact) mass is 265 g/mol. The first-order chi connectivity index (χ1) is 9.33. The van der Waals surface area contributed by atoms with E-state index >= 15 is 0 Å². The Kier molecular flexibility index (Phi) is 4.26. The molecule has 4 fully saturated rings. The van der Waals surface area contributed by atoms with Gasteiger partial charge in [-0.1, -0.05) is 19.3 Å². The molecule has 2 amide bonds. The number of carbonyl (C=O) groups is 1. The number of rotatable bonds is 2. The molecule has 4 heteroatoms. The molecule has 3 aliphatic heterocycles. The van der Waals surface area contributed by atoms with Crippen molar-refractivity contribution in [3.63, 3.8) is 0 Å². The second kappa shape index (κ2) is 6.12. The Morgan fingerprint density at radius 1 is 1.11 bits per heavy atom. The van der Waals surface area contributed by atoms with Crippen molar-refractivity contribution in [3.8, 4) is 0 Å². The normalized spacial score (nSPS) is 32.1. The Morgan fingerprint density at radius 2 is 1.95 bits per heavy atom. The van der Waals surface area contributed by atoms with Gasteiger partial charge in [0.1, 0.15) is 0 Å². The number of piperidine rings is 1. The average molecular weight is 265 g/mol. The maximum absolute atomic E-state index is 12.4. The predicted molar refractivity (Wildman–Crippen MR) is 76.1 cm³/mol. The highest BCUT2D eigenvalue weighted by molar-refractivity contribution is 5.74. The van der Waals surface area contributed by atoms with E-state index in [1.165, 1.54) is 44.9 Å². The van der Waals surface area contributed by atoms with Gasteiger partial charge in [0.2, 0.25) is 0 Å². The number of nitrogens with one attached hydrogen (secondary N) is 2. The van der Waals surface area contributed by atoms with Crippen molar-refractivity contribution in [2.24, 2.45) is 11.8 Å². The Balaban J connectivity index is 1.49. The number of urea groups is 1. The zero-order valence-corrected chi connectivity index (χ0v) is 11.9. The fourth-order valence-corrected chi connectivity index (χ4v) is 3.91. The summed E-state index contributed by atoms with van der Waals surface area (Å²) in [6.45, 7) is 3.91. The van der Waals surface area contributed by atoms with Crippen LogP contribution in [0.3, 0.4) is 0 Å². The van der Waals surface area contributed by atoms with Crippen molar-refractivity contribution in [3.05, 3.63) is 0 Å². The van der Waals surface area contributed by atoms with Crippen molar-refractivity contribution in [1.82, 2.24) is 15.5 Å². The van der Waals surface area contributed by atoms with E-state index in [1.807, 2.05) is 0 Å². The molecule has 0 radical (unpaired) electrons. The van der Waals surface area contributed by atoms with Crippen LogP contribution in [0, 0.1) is 11.8 Å². The molecule has 0 aromatic rings. The van der Waals surface area contributed by atoms with E-state index in [9.17, 15) is 4.79 Å². The van der Waals surface area contributed by atoms with Crippen LogP contribution in [-0.4, -0.2) is 43.2 Å². The molecule has 4 aliphatic rings. The molecule has 4 nitrogen and oxygen atoms in total. The largest absolute Gasteiger partial charge is 0.338 e. The number of hydrogen-bond acceptors (Lipinski definition) is 2. The van der Waals surface area contributed by atoms with Crippen molar-refractivity contribution in [2.45, 2.75) is 51.0 Å². The van der Waals surface area contributed by atoms with Crippen LogP contribution >= 0.6 is 0 Å². The summed E-state index contributed by atoms with van der Waals surface area (Å²) in [6.07, 6.45) is 9.13. The van der Waals surface area contributed by atoms with Crippen LogP contribution in [0.2, 0.25) is 0 Å². The fraction of sp³-hybridized carbons (Fsp3) is 0.933. The van der Waals surface area contributed by atoms with E-state index in [4.69, 9.17) is 0 Å². The lowest BCUT2D eigenvalue weighted by Gasteiger charge is -2.36.